The predicted molar refractivity (Wildman–Crippen MR) is 141 cm³/mol. The normalized spacial score (nSPS) is 12.0. The van der Waals surface area contributed by atoms with E-state index < -0.39 is 21.9 Å². The molecule has 0 aliphatic heterocycles. The smallest absolute Gasteiger partial charge is 0.306 e. The third kappa shape index (κ3) is 7.90. The summed E-state index contributed by atoms with van der Waals surface area (Å²) >= 11 is 0. The van der Waals surface area contributed by atoms with Crippen LogP contribution in [0.15, 0.2) is 54.7 Å². The van der Waals surface area contributed by atoms with E-state index in [1.54, 1.807) is 0 Å². The van der Waals surface area contributed by atoms with Crippen LogP contribution in [0, 0.1) is 5.92 Å². The summed E-state index contributed by atoms with van der Waals surface area (Å²) in [7, 11) is -3.89. The van der Waals surface area contributed by atoms with Crippen molar-refractivity contribution in [1.82, 2.24) is 15.3 Å². The number of amides is 2. The van der Waals surface area contributed by atoms with Crippen LogP contribution in [-0.4, -0.2) is 42.5 Å². The first-order chi connectivity index (χ1) is 17.4. The van der Waals surface area contributed by atoms with Crippen molar-refractivity contribution in [3.8, 4) is 5.75 Å². The van der Waals surface area contributed by atoms with Crippen LogP contribution in [0.5, 0.6) is 5.75 Å². The van der Waals surface area contributed by atoms with Crippen LogP contribution in [-0.2, 0) is 16.7 Å². The Balaban J connectivity index is 1.90. The fourth-order valence-electron chi connectivity index (χ4n) is 3.14. The van der Waals surface area contributed by atoms with Gasteiger partial charge in [-0.3, -0.25) is 9.59 Å². The summed E-state index contributed by atoms with van der Waals surface area (Å²) in [5.74, 6) is -0.683. The highest BCUT2D eigenvalue weighted by Gasteiger charge is 2.19. The van der Waals surface area contributed by atoms with Gasteiger partial charge >= 0.3 is 10.1 Å². The van der Waals surface area contributed by atoms with E-state index in [2.05, 4.69) is 25.9 Å². The maximum absolute atomic E-state index is 13.0. The van der Waals surface area contributed by atoms with E-state index in [4.69, 9.17) is 9.92 Å². The lowest BCUT2D eigenvalue weighted by Gasteiger charge is -2.20. The fourth-order valence-corrected chi connectivity index (χ4v) is 3.61. The van der Waals surface area contributed by atoms with E-state index in [-0.39, 0.29) is 47.1 Å². The number of rotatable bonds is 11. The van der Waals surface area contributed by atoms with E-state index in [9.17, 15) is 18.0 Å². The highest BCUT2D eigenvalue weighted by molar-refractivity contribution is 7.86. The van der Waals surface area contributed by atoms with Crippen molar-refractivity contribution in [2.24, 2.45) is 11.7 Å². The molecule has 3 aromatic rings. The van der Waals surface area contributed by atoms with Gasteiger partial charge in [-0.2, -0.15) is 13.4 Å². The van der Waals surface area contributed by atoms with E-state index in [1.165, 1.54) is 24.4 Å². The number of hydrogen-bond acceptors (Lipinski definition) is 9. The van der Waals surface area contributed by atoms with Crippen LogP contribution in [0.2, 0.25) is 0 Å². The van der Waals surface area contributed by atoms with Gasteiger partial charge in [0.25, 0.3) is 11.8 Å². The van der Waals surface area contributed by atoms with Crippen molar-refractivity contribution >= 4 is 39.4 Å². The van der Waals surface area contributed by atoms with Gasteiger partial charge in [-0.15, -0.1) is 0 Å². The summed E-state index contributed by atoms with van der Waals surface area (Å²) in [5.41, 5.74) is 6.86. The van der Waals surface area contributed by atoms with Gasteiger partial charge in [0.1, 0.15) is 5.82 Å². The molecule has 1 atom stereocenters. The summed E-state index contributed by atoms with van der Waals surface area (Å²) in [6.45, 7) is 6.22. The lowest BCUT2D eigenvalue weighted by molar-refractivity contribution is 0.0948. The van der Waals surface area contributed by atoms with Gasteiger partial charge in [-0.25, -0.2) is 4.98 Å². The molecule has 0 spiro atoms. The summed E-state index contributed by atoms with van der Waals surface area (Å²) < 4.78 is 28.5. The Morgan fingerprint density at radius 1 is 1.05 bits per heavy atom. The minimum absolute atomic E-state index is 0.00631. The molecule has 3 rings (SSSR count). The number of anilines is 3. The van der Waals surface area contributed by atoms with Crippen molar-refractivity contribution in [1.29, 1.82) is 0 Å². The van der Waals surface area contributed by atoms with Crippen LogP contribution in [0.4, 0.5) is 17.5 Å². The third-order valence-electron chi connectivity index (χ3n) is 5.44. The number of nitrogens with one attached hydrogen (secondary N) is 3. The molecule has 0 bridgehead atoms. The number of benzene rings is 2. The number of aromatic nitrogens is 2. The average molecular weight is 527 g/mol. The average Bonchev–Trinajstić information content (AvgIpc) is 2.83. The largest absolute Gasteiger partial charge is 0.382 e. The highest BCUT2D eigenvalue weighted by Crippen LogP contribution is 2.26. The molecule has 0 saturated carbocycles. The molecule has 196 valence electrons. The minimum Gasteiger partial charge on any atom is -0.382 e. The van der Waals surface area contributed by atoms with Crippen molar-refractivity contribution in [3.05, 3.63) is 71.4 Å². The Bertz CT molecular complexity index is 1380. The maximum atomic E-state index is 13.0. The van der Waals surface area contributed by atoms with Gasteiger partial charge in [0.15, 0.2) is 5.75 Å². The predicted octanol–water partition coefficient (Wildman–Crippen LogP) is 3.04. The molecular weight excluding hydrogens is 496 g/mol. The van der Waals surface area contributed by atoms with E-state index in [0.717, 1.165) is 11.8 Å². The number of carbonyl (C=O) groups excluding carboxylic acids is 2. The van der Waals surface area contributed by atoms with Crippen LogP contribution >= 0.6 is 0 Å². The molecule has 1 aromatic heterocycles. The second-order valence-electron chi connectivity index (χ2n) is 8.79. The Kier molecular flexibility index (Phi) is 8.66. The zero-order chi connectivity index (χ0) is 27.2. The number of primary amides is 1. The Hall–Kier alpha value is -4.19. The molecule has 0 unspecified atom stereocenters. The van der Waals surface area contributed by atoms with Crippen molar-refractivity contribution in [3.63, 3.8) is 0 Å². The number of carbonyl (C=O) groups is 2. The molecule has 11 nitrogen and oxygen atoms in total. The molecule has 0 aliphatic carbocycles. The van der Waals surface area contributed by atoms with Gasteiger partial charge in [-0.05, 0) is 36.6 Å². The molecule has 2 aromatic carbocycles. The van der Waals surface area contributed by atoms with Crippen LogP contribution in [0.1, 0.15) is 47.1 Å². The van der Waals surface area contributed by atoms with Gasteiger partial charge in [0.2, 0.25) is 5.95 Å². The lowest BCUT2D eigenvalue weighted by Crippen LogP contribution is -2.25. The number of nitrogens with two attached hydrogens (primary N) is 1. The molecule has 0 saturated heterocycles. The summed E-state index contributed by atoms with van der Waals surface area (Å²) in [6, 6.07) is 13.6. The maximum Gasteiger partial charge on any atom is 0.306 e. The monoisotopic (exact) mass is 526 g/mol. The zero-order valence-corrected chi connectivity index (χ0v) is 21.8. The second kappa shape index (κ2) is 11.7. The molecule has 1 heterocycles. The molecule has 12 heteroatoms. The summed E-state index contributed by atoms with van der Waals surface area (Å²) in [6.07, 6.45) is 2.20. The highest BCUT2D eigenvalue weighted by atomic mass is 32.2. The Morgan fingerprint density at radius 3 is 2.38 bits per heavy atom. The summed E-state index contributed by atoms with van der Waals surface area (Å²) in [4.78, 5) is 33.4. The Morgan fingerprint density at radius 2 is 1.76 bits per heavy atom. The molecule has 0 radical (unpaired) electrons. The molecular formula is C25H30N6O5S. The van der Waals surface area contributed by atoms with Crippen molar-refractivity contribution in [2.75, 3.05) is 16.9 Å². The first-order valence-corrected chi connectivity index (χ1v) is 13.3. The van der Waals surface area contributed by atoms with E-state index in [0.29, 0.717) is 5.69 Å². The fraction of sp³-hybridized carbons (Fsp3) is 0.280. The summed E-state index contributed by atoms with van der Waals surface area (Å²) in [5, 5.41) is 8.90. The molecule has 37 heavy (non-hydrogen) atoms. The molecule has 0 fully saturated rings. The first kappa shape index (κ1) is 27.4. The Labute approximate surface area is 216 Å². The number of hydrogen-bond donors (Lipinski definition) is 4. The molecule has 2 amide bonds. The number of nitrogens with zero attached hydrogens (tertiary/aromatic N) is 2. The van der Waals surface area contributed by atoms with E-state index >= 15 is 0 Å². The van der Waals surface area contributed by atoms with Crippen LogP contribution in [0.3, 0.4) is 0 Å². The van der Waals surface area contributed by atoms with Crippen LogP contribution in [0.25, 0.3) is 0 Å². The molecule has 0 aliphatic rings. The second-order valence-corrected chi connectivity index (χ2v) is 10.4. The first-order valence-electron chi connectivity index (χ1n) is 11.5. The third-order valence-corrected chi connectivity index (χ3v) is 5.92. The van der Waals surface area contributed by atoms with Crippen molar-refractivity contribution < 1.29 is 22.2 Å². The minimum atomic E-state index is -3.89. The van der Waals surface area contributed by atoms with Crippen LogP contribution < -0.4 is 25.9 Å². The van der Waals surface area contributed by atoms with Gasteiger partial charge in [0.05, 0.1) is 17.4 Å². The topological polar surface area (TPSA) is 165 Å². The SMILES string of the molecule is CC(C)[C@@H](C)Nc1nc(Nc2ccc(OS(C)(=O)=O)c(C(=O)NCc3ccccc3)c2)ncc1C(N)=O. The molecule has 5 N–H and O–H groups in total. The lowest BCUT2D eigenvalue weighted by atomic mass is 10.1. The quantitative estimate of drug-likeness (QED) is 0.275. The van der Waals surface area contributed by atoms with Gasteiger partial charge < -0.3 is 25.9 Å². The zero-order valence-electron chi connectivity index (χ0n) is 21.0. The van der Waals surface area contributed by atoms with E-state index in [1.807, 2.05) is 51.1 Å². The standard InChI is InChI=1S/C25H30N6O5S/c1-15(2)16(3)29-23-20(22(26)32)14-28-25(31-23)30-18-10-11-21(36-37(4,34)35)19(12-18)24(33)27-13-17-8-6-5-7-9-17/h5-12,14-16H,13H2,1-4H3,(H2,26,32)(H,27,33)(H2,28,29,30,31)/t16-/m1/s1. The van der Waals surface area contributed by atoms with Crippen molar-refractivity contribution in [2.45, 2.75) is 33.4 Å². The van der Waals surface area contributed by atoms with Gasteiger partial charge in [-0.1, -0.05) is 44.2 Å². The van der Waals surface area contributed by atoms with Gasteiger partial charge in [0, 0.05) is 24.5 Å².